The number of hydrogen-bond acceptors (Lipinski definition) is 1. The Hall–Kier alpha value is -0.900. The van der Waals surface area contributed by atoms with Gasteiger partial charge in [0.15, 0.2) is 0 Å². The van der Waals surface area contributed by atoms with Crippen LogP contribution in [-0.4, -0.2) is 11.9 Å². The highest BCUT2D eigenvalue weighted by Crippen LogP contribution is 2.24. The van der Waals surface area contributed by atoms with Crippen molar-refractivity contribution in [3.8, 4) is 0 Å². The second-order valence-electron chi connectivity index (χ2n) is 5.07. The van der Waals surface area contributed by atoms with E-state index in [2.05, 4.69) is 28.2 Å². The fourth-order valence-corrected chi connectivity index (χ4v) is 2.72. The van der Waals surface area contributed by atoms with Crippen LogP contribution in [0, 0.1) is 11.7 Å². The van der Waals surface area contributed by atoms with Crippen molar-refractivity contribution in [3.63, 3.8) is 0 Å². The minimum atomic E-state index is -0.403. The van der Waals surface area contributed by atoms with Gasteiger partial charge in [-0.15, -0.1) is 0 Å². The Morgan fingerprint density at radius 1 is 1.44 bits per heavy atom. The van der Waals surface area contributed by atoms with Gasteiger partial charge in [-0.05, 0) is 52.9 Å². The number of halogens is 2. The summed E-state index contributed by atoms with van der Waals surface area (Å²) in [5.74, 6) is 0.0749. The molecule has 2 atom stereocenters. The van der Waals surface area contributed by atoms with Gasteiger partial charge in [0.25, 0.3) is 5.91 Å². The van der Waals surface area contributed by atoms with Gasteiger partial charge in [0.05, 0.1) is 4.47 Å². The molecule has 1 amide bonds. The Bertz CT molecular complexity index is 449. The average Bonchev–Trinajstić information content (AvgIpc) is 2.32. The van der Waals surface area contributed by atoms with Gasteiger partial charge in [-0.1, -0.05) is 19.8 Å². The summed E-state index contributed by atoms with van der Waals surface area (Å²) in [7, 11) is 0. The van der Waals surface area contributed by atoms with Crippen LogP contribution >= 0.6 is 15.9 Å². The lowest BCUT2D eigenvalue weighted by atomic mass is 9.87. The van der Waals surface area contributed by atoms with Crippen molar-refractivity contribution >= 4 is 21.8 Å². The second kappa shape index (κ2) is 5.83. The first-order valence-electron chi connectivity index (χ1n) is 6.32. The van der Waals surface area contributed by atoms with Crippen molar-refractivity contribution in [2.24, 2.45) is 5.92 Å². The van der Waals surface area contributed by atoms with Gasteiger partial charge in [0, 0.05) is 11.6 Å². The molecule has 1 aromatic carbocycles. The summed E-state index contributed by atoms with van der Waals surface area (Å²) in [5, 5.41) is 2.99. The van der Waals surface area contributed by atoms with Crippen molar-refractivity contribution in [3.05, 3.63) is 34.1 Å². The highest BCUT2D eigenvalue weighted by Gasteiger charge is 2.21. The van der Waals surface area contributed by atoms with E-state index in [0.717, 1.165) is 19.3 Å². The topological polar surface area (TPSA) is 29.1 Å². The van der Waals surface area contributed by atoms with E-state index >= 15 is 0 Å². The third-order valence-corrected chi connectivity index (χ3v) is 4.10. The third-order valence-electron chi connectivity index (χ3n) is 3.45. The lowest BCUT2D eigenvalue weighted by molar-refractivity contribution is 0.0921. The number of hydrogen-bond donors (Lipinski definition) is 1. The molecule has 2 nitrogen and oxygen atoms in total. The van der Waals surface area contributed by atoms with E-state index in [4.69, 9.17) is 0 Å². The molecule has 2 unspecified atom stereocenters. The Labute approximate surface area is 115 Å². The maximum absolute atomic E-state index is 13.4. The first kappa shape index (κ1) is 13.5. The summed E-state index contributed by atoms with van der Waals surface area (Å²) in [4.78, 5) is 12.0. The zero-order valence-electron chi connectivity index (χ0n) is 10.4. The zero-order valence-corrected chi connectivity index (χ0v) is 12.0. The van der Waals surface area contributed by atoms with Crippen LogP contribution in [0.5, 0.6) is 0 Å². The number of rotatable bonds is 2. The van der Waals surface area contributed by atoms with Crippen LogP contribution in [-0.2, 0) is 0 Å². The van der Waals surface area contributed by atoms with Crippen LogP contribution in [0.25, 0.3) is 0 Å². The van der Waals surface area contributed by atoms with Crippen LogP contribution in [0.3, 0.4) is 0 Å². The lowest BCUT2D eigenvalue weighted by Gasteiger charge is -2.27. The molecule has 0 bridgehead atoms. The van der Waals surface area contributed by atoms with E-state index in [-0.39, 0.29) is 11.9 Å². The molecule has 98 valence electrons. The second-order valence-corrected chi connectivity index (χ2v) is 5.93. The number of nitrogens with one attached hydrogen (secondary N) is 1. The van der Waals surface area contributed by atoms with Crippen molar-refractivity contribution in [1.29, 1.82) is 0 Å². The molecule has 1 fully saturated rings. The number of carbonyl (C=O) groups is 1. The molecule has 1 aliphatic rings. The summed E-state index contributed by atoms with van der Waals surface area (Å²) in [6, 6.07) is 4.70. The van der Waals surface area contributed by atoms with Gasteiger partial charge >= 0.3 is 0 Å². The normalized spacial score (nSPS) is 23.7. The Kier molecular flexibility index (Phi) is 4.38. The molecule has 4 heteroatoms. The van der Waals surface area contributed by atoms with E-state index in [1.165, 1.54) is 12.5 Å². The molecule has 0 heterocycles. The largest absolute Gasteiger partial charge is 0.349 e. The molecule has 1 N–H and O–H groups in total. The van der Waals surface area contributed by atoms with Crippen molar-refractivity contribution in [2.75, 3.05) is 0 Å². The van der Waals surface area contributed by atoms with Crippen LogP contribution < -0.4 is 5.32 Å². The predicted molar refractivity (Wildman–Crippen MR) is 73.0 cm³/mol. The Morgan fingerprint density at radius 2 is 2.22 bits per heavy atom. The molecule has 0 radical (unpaired) electrons. The van der Waals surface area contributed by atoms with Gasteiger partial charge in [0.2, 0.25) is 0 Å². The van der Waals surface area contributed by atoms with Crippen LogP contribution in [0.15, 0.2) is 22.7 Å². The third kappa shape index (κ3) is 3.31. The molecule has 1 saturated carbocycles. The highest BCUT2D eigenvalue weighted by atomic mass is 79.9. The molecule has 0 spiro atoms. The minimum Gasteiger partial charge on any atom is -0.349 e. The quantitative estimate of drug-likeness (QED) is 0.881. The van der Waals surface area contributed by atoms with Crippen LogP contribution in [0.4, 0.5) is 4.39 Å². The maximum atomic E-state index is 13.4. The first-order valence-corrected chi connectivity index (χ1v) is 7.11. The van der Waals surface area contributed by atoms with Gasteiger partial charge in [-0.3, -0.25) is 4.79 Å². The summed E-state index contributed by atoms with van der Waals surface area (Å²) in [6.07, 6.45) is 4.43. The standard InChI is InChI=1S/C14H17BrFNO/c1-9-3-2-4-11(7-9)17-14(18)10-5-6-12(15)13(16)8-10/h5-6,8-9,11H,2-4,7H2,1H3,(H,17,18). The number of benzene rings is 1. The summed E-state index contributed by atoms with van der Waals surface area (Å²) >= 11 is 3.08. The molecule has 1 aromatic rings. The van der Waals surface area contributed by atoms with E-state index < -0.39 is 5.82 Å². The predicted octanol–water partition coefficient (Wildman–Crippen LogP) is 3.90. The summed E-state index contributed by atoms with van der Waals surface area (Å²) < 4.78 is 13.7. The minimum absolute atomic E-state index is 0.180. The van der Waals surface area contributed by atoms with E-state index in [0.29, 0.717) is 16.0 Å². The molecule has 2 rings (SSSR count). The van der Waals surface area contributed by atoms with E-state index in [1.54, 1.807) is 12.1 Å². The zero-order chi connectivity index (χ0) is 13.1. The van der Waals surface area contributed by atoms with E-state index in [1.807, 2.05) is 0 Å². The maximum Gasteiger partial charge on any atom is 0.251 e. The van der Waals surface area contributed by atoms with Gasteiger partial charge in [0.1, 0.15) is 5.82 Å². The molecule has 0 aliphatic heterocycles. The summed E-state index contributed by atoms with van der Waals surface area (Å²) in [6.45, 7) is 2.21. The van der Waals surface area contributed by atoms with Crippen LogP contribution in [0.1, 0.15) is 43.0 Å². The van der Waals surface area contributed by atoms with Crippen molar-refractivity contribution in [1.82, 2.24) is 5.32 Å². The van der Waals surface area contributed by atoms with Gasteiger partial charge in [-0.25, -0.2) is 4.39 Å². The SMILES string of the molecule is CC1CCCC(NC(=O)c2ccc(Br)c(F)c2)C1. The van der Waals surface area contributed by atoms with Crippen LogP contribution in [0.2, 0.25) is 0 Å². The average molecular weight is 314 g/mol. The molecular weight excluding hydrogens is 297 g/mol. The van der Waals surface area contributed by atoms with Crippen molar-refractivity contribution in [2.45, 2.75) is 38.6 Å². The molecule has 0 saturated heterocycles. The van der Waals surface area contributed by atoms with Gasteiger partial charge in [-0.2, -0.15) is 0 Å². The molecule has 0 aromatic heterocycles. The molecule has 1 aliphatic carbocycles. The number of amides is 1. The summed E-state index contributed by atoms with van der Waals surface area (Å²) in [5.41, 5.74) is 0.383. The highest BCUT2D eigenvalue weighted by molar-refractivity contribution is 9.10. The number of carbonyl (C=O) groups excluding carboxylic acids is 1. The first-order chi connectivity index (χ1) is 8.56. The van der Waals surface area contributed by atoms with Gasteiger partial charge < -0.3 is 5.32 Å². The monoisotopic (exact) mass is 313 g/mol. The lowest BCUT2D eigenvalue weighted by Crippen LogP contribution is -2.38. The Morgan fingerprint density at radius 3 is 2.89 bits per heavy atom. The Balaban J connectivity index is 2.00. The fourth-order valence-electron chi connectivity index (χ4n) is 2.47. The molecular formula is C14H17BrFNO. The smallest absolute Gasteiger partial charge is 0.251 e. The van der Waals surface area contributed by atoms with E-state index in [9.17, 15) is 9.18 Å². The fraction of sp³-hybridized carbons (Fsp3) is 0.500. The van der Waals surface area contributed by atoms with Crippen molar-refractivity contribution < 1.29 is 9.18 Å². The molecule has 18 heavy (non-hydrogen) atoms.